The van der Waals surface area contributed by atoms with Gasteiger partial charge in [0.2, 0.25) is 0 Å². The zero-order valence-corrected chi connectivity index (χ0v) is 11.1. The molecule has 5 nitrogen and oxygen atoms in total. The summed E-state index contributed by atoms with van der Waals surface area (Å²) >= 11 is 0. The summed E-state index contributed by atoms with van der Waals surface area (Å²) in [5.74, 6) is -1.01. The molecule has 0 spiro atoms. The number of nitrogens with one attached hydrogen (secondary N) is 1. The van der Waals surface area contributed by atoms with Crippen molar-refractivity contribution in [1.29, 1.82) is 0 Å². The number of hydrogen-bond acceptors (Lipinski definition) is 2. The monoisotopic (exact) mass is 262 g/mol. The van der Waals surface area contributed by atoms with Crippen LogP contribution in [0.4, 0.5) is 4.79 Å². The topological polar surface area (TPSA) is 69.6 Å². The van der Waals surface area contributed by atoms with E-state index in [4.69, 9.17) is 5.11 Å². The molecule has 1 aromatic rings. The average molecular weight is 262 g/mol. The number of rotatable bonds is 3. The molecular weight excluding hydrogens is 244 g/mol. The summed E-state index contributed by atoms with van der Waals surface area (Å²) in [5.41, 5.74) is 1.02. The lowest BCUT2D eigenvalue weighted by molar-refractivity contribution is -0.143. The van der Waals surface area contributed by atoms with Gasteiger partial charge in [-0.1, -0.05) is 31.2 Å². The van der Waals surface area contributed by atoms with Gasteiger partial charge in [-0.05, 0) is 24.5 Å². The van der Waals surface area contributed by atoms with Crippen LogP contribution in [-0.2, 0) is 17.9 Å². The van der Waals surface area contributed by atoms with Crippen LogP contribution in [0.2, 0.25) is 0 Å². The van der Waals surface area contributed by atoms with Crippen molar-refractivity contribution in [3.63, 3.8) is 0 Å². The standard InChI is InChI=1S/C14H18N2O3/c1-3-14(2,12(17)18)15-13(19)16-8-10-6-4-5-7-11(10)9-16/h4-7H,3,8-9H2,1-2H3,(H,15,19)(H,17,18). The Morgan fingerprint density at radius 1 is 1.32 bits per heavy atom. The van der Waals surface area contributed by atoms with Crippen molar-refractivity contribution in [3.05, 3.63) is 35.4 Å². The molecule has 19 heavy (non-hydrogen) atoms. The Labute approximate surface area is 112 Å². The average Bonchev–Trinajstić information content (AvgIpc) is 2.82. The molecule has 0 bridgehead atoms. The number of amides is 2. The maximum absolute atomic E-state index is 12.1. The van der Waals surface area contributed by atoms with Crippen LogP contribution in [-0.4, -0.2) is 27.5 Å². The fourth-order valence-corrected chi connectivity index (χ4v) is 2.08. The first-order valence-electron chi connectivity index (χ1n) is 6.33. The van der Waals surface area contributed by atoms with Crippen LogP contribution in [0.15, 0.2) is 24.3 Å². The van der Waals surface area contributed by atoms with Crippen molar-refractivity contribution < 1.29 is 14.7 Å². The molecule has 1 aliphatic rings. The highest BCUT2D eigenvalue weighted by Gasteiger charge is 2.35. The summed E-state index contributed by atoms with van der Waals surface area (Å²) in [6.45, 7) is 4.33. The lowest BCUT2D eigenvalue weighted by atomic mass is 10.00. The van der Waals surface area contributed by atoms with E-state index >= 15 is 0 Å². The van der Waals surface area contributed by atoms with Crippen LogP contribution >= 0.6 is 0 Å². The van der Waals surface area contributed by atoms with Gasteiger partial charge in [-0.2, -0.15) is 0 Å². The molecule has 0 radical (unpaired) electrons. The smallest absolute Gasteiger partial charge is 0.329 e. The summed E-state index contributed by atoms with van der Waals surface area (Å²) in [6.07, 6.45) is 0.342. The van der Waals surface area contributed by atoms with E-state index in [0.717, 1.165) is 11.1 Å². The number of fused-ring (bicyclic) bond motifs is 1. The number of carboxylic acids is 1. The predicted octanol–water partition coefficient (Wildman–Crippen LogP) is 1.97. The molecule has 2 N–H and O–H groups in total. The molecule has 1 heterocycles. The van der Waals surface area contributed by atoms with Crippen molar-refractivity contribution >= 4 is 12.0 Å². The molecular formula is C14H18N2O3. The summed E-state index contributed by atoms with van der Waals surface area (Å²) in [4.78, 5) is 25.0. The fourth-order valence-electron chi connectivity index (χ4n) is 2.08. The second-order valence-electron chi connectivity index (χ2n) is 5.05. The maximum Gasteiger partial charge on any atom is 0.329 e. The number of carboxylic acid groups (broad SMARTS) is 1. The molecule has 0 saturated heterocycles. The number of aliphatic carboxylic acids is 1. The van der Waals surface area contributed by atoms with E-state index < -0.39 is 11.5 Å². The second-order valence-corrected chi connectivity index (χ2v) is 5.05. The van der Waals surface area contributed by atoms with Crippen LogP contribution in [0.5, 0.6) is 0 Å². The van der Waals surface area contributed by atoms with E-state index in [1.807, 2.05) is 24.3 Å². The Kier molecular flexibility index (Phi) is 3.46. The highest BCUT2D eigenvalue weighted by Crippen LogP contribution is 2.22. The summed E-state index contributed by atoms with van der Waals surface area (Å²) in [5, 5.41) is 11.8. The Hall–Kier alpha value is -2.04. The van der Waals surface area contributed by atoms with Crippen molar-refractivity contribution in [2.24, 2.45) is 0 Å². The fraction of sp³-hybridized carbons (Fsp3) is 0.429. The van der Waals surface area contributed by atoms with Crippen LogP contribution in [0, 0.1) is 0 Å². The first kappa shape index (κ1) is 13.4. The SMILES string of the molecule is CCC(C)(NC(=O)N1Cc2ccccc2C1)C(=O)O. The molecule has 1 aliphatic heterocycles. The van der Waals surface area contributed by atoms with Crippen LogP contribution in [0.25, 0.3) is 0 Å². The van der Waals surface area contributed by atoms with Gasteiger partial charge in [-0.15, -0.1) is 0 Å². The third-order valence-corrected chi connectivity index (χ3v) is 3.69. The first-order chi connectivity index (χ1) is 8.96. The van der Waals surface area contributed by atoms with Crippen molar-refractivity contribution in [2.45, 2.75) is 38.9 Å². The minimum Gasteiger partial charge on any atom is -0.480 e. The molecule has 1 aromatic carbocycles. The first-order valence-corrected chi connectivity index (χ1v) is 6.33. The molecule has 2 amide bonds. The zero-order valence-electron chi connectivity index (χ0n) is 11.1. The van der Waals surface area contributed by atoms with Crippen molar-refractivity contribution in [2.75, 3.05) is 0 Å². The molecule has 0 fully saturated rings. The Morgan fingerprint density at radius 3 is 2.26 bits per heavy atom. The Balaban J connectivity index is 2.06. The van der Waals surface area contributed by atoms with Gasteiger partial charge in [0.1, 0.15) is 5.54 Å². The largest absolute Gasteiger partial charge is 0.480 e. The highest BCUT2D eigenvalue weighted by atomic mass is 16.4. The number of nitrogens with zero attached hydrogens (tertiary/aromatic N) is 1. The van der Waals surface area contributed by atoms with E-state index in [9.17, 15) is 9.59 Å². The molecule has 0 aromatic heterocycles. The number of hydrogen-bond donors (Lipinski definition) is 2. The van der Waals surface area contributed by atoms with E-state index in [1.165, 1.54) is 6.92 Å². The Bertz CT molecular complexity index is 490. The van der Waals surface area contributed by atoms with Crippen LogP contribution in [0.3, 0.4) is 0 Å². The van der Waals surface area contributed by atoms with Crippen LogP contribution in [0.1, 0.15) is 31.4 Å². The molecule has 1 unspecified atom stereocenters. The number of benzene rings is 1. The highest BCUT2D eigenvalue weighted by molar-refractivity contribution is 5.86. The lowest BCUT2D eigenvalue weighted by Crippen LogP contribution is -2.54. The van der Waals surface area contributed by atoms with E-state index in [-0.39, 0.29) is 6.03 Å². The van der Waals surface area contributed by atoms with Gasteiger partial charge in [0, 0.05) is 13.1 Å². The van der Waals surface area contributed by atoms with Gasteiger partial charge in [0.25, 0.3) is 0 Å². The lowest BCUT2D eigenvalue weighted by Gasteiger charge is -2.27. The van der Waals surface area contributed by atoms with Gasteiger partial charge in [-0.3, -0.25) is 0 Å². The van der Waals surface area contributed by atoms with Gasteiger partial charge >= 0.3 is 12.0 Å². The van der Waals surface area contributed by atoms with E-state index in [2.05, 4.69) is 5.32 Å². The van der Waals surface area contributed by atoms with Crippen molar-refractivity contribution in [3.8, 4) is 0 Å². The molecule has 1 atom stereocenters. The maximum atomic E-state index is 12.1. The minimum atomic E-state index is -1.22. The van der Waals surface area contributed by atoms with E-state index in [1.54, 1.807) is 11.8 Å². The summed E-state index contributed by atoms with van der Waals surface area (Å²) in [7, 11) is 0. The Morgan fingerprint density at radius 2 is 1.84 bits per heavy atom. The molecule has 0 aliphatic carbocycles. The summed E-state index contributed by atoms with van der Waals surface area (Å²) < 4.78 is 0. The zero-order chi connectivity index (χ0) is 14.0. The molecule has 5 heteroatoms. The number of carbonyl (C=O) groups is 2. The minimum absolute atomic E-state index is 0.331. The van der Waals surface area contributed by atoms with Gasteiger partial charge < -0.3 is 15.3 Å². The van der Waals surface area contributed by atoms with E-state index in [0.29, 0.717) is 19.5 Å². The van der Waals surface area contributed by atoms with Gasteiger partial charge in [0.15, 0.2) is 0 Å². The quantitative estimate of drug-likeness (QED) is 0.875. The van der Waals surface area contributed by atoms with Crippen LogP contribution < -0.4 is 5.32 Å². The predicted molar refractivity (Wildman–Crippen MR) is 70.6 cm³/mol. The number of carbonyl (C=O) groups excluding carboxylic acids is 1. The third-order valence-electron chi connectivity index (χ3n) is 3.69. The number of urea groups is 1. The summed E-state index contributed by atoms with van der Waals surface area (Å²) in [6, 6.07) is 7.52. The molecule has 0 saturated carbocycles. The normalized spacial score (nSPS) is 16.6. The second kappa shape index (κ2) is 4.91. The van der Waals surface area contributed by atoms with Gasteiger partial charge in [-0.25, -0.2) is 9.59 Å². The molecule has 2 rings (SSSR count). The molecule has 102 valence electrons. The van der Waals surface area contributed by atoms with Gasteiger partial charge in [0.05, 0.1) is 0 Å². The third kappa shape index (κ3) is 2.54. The van der Waals surface area contributed by atoms with Crippen molar-refractivity contribution in [1.82, 2.24) is 10.2 Å².